The average molecular weight is 243 g/mol. The Bertz CT molecular complexity index is 494. The lowest BCUT2D eigenvalue weighted by molar-refractivity contribution is 0.130. The molecule has 1 aliphatic heterocycles. The lowest BCUT2D eigenvalue weighted by atomic mass is 10.0. The van der Waals surface area contributed by atoms with Gasteiger partial charge in [0.25, 0.3) is 0 Å². The van der Waals surface area contributed by atoms with Crippen molar-refractivity contribution in [2.24, 2.45) is 5.41 Å². The van der Waals surface area contributed by atoms with E-state index in [1.54, 1.807) is 0 Å². The van der Waals surface area contributed by atoms with Gasteiger partial charge in [0, 0.05) is 6.04 Å². The van der Waals surface area contributed by atoms with Crippen molar-refractivity contribution in [3.8, 4) is 0 Å². The molecule has 3 heteroatoms. The van der Waals surface area contributed by atoms with Crippen molar-refractivity contribution >= 4 is 6.09 Å². The molecule has 2 saturated carbocycles. The van der Waals surface area contributed by atoms with E-state index < -0.39 is 0 Å². The molecule has 1 saturated heterocycles. The van der Waals surface area contributed by atoms with Gasteiger partial charge in [0.15, 0.2) is 0 Å². The van der Waals surface area contributed by atoms with E-state index in [2.05, 4.69) is 6.92 Å². The minimum atomic E-state index is -0.120. The van der Waals surface area contributed by atoms with Crippen LogP contribution in [0.5, 0.6) is 0 Å². The van der Waals surface area contributed by atoms with E-state index >= 15 is 0 Å². The SMILES string of the molecule is C[C@@H]1[C@H](c2ccccc2)OC(=O)N1C1CC12CC2. The lowest BCUT2D eigenvalue weighted by Crippen LogP contribution is -2.35. The van der Waals surface area contributed by atoms with Crippen molar-refractivity contribution < 1.29 is 9.53 Å². The summed E-state index contributed by atoms with van der Waals surface area (Å²) in [7, 11) is 0. The molecule has 18 heavy (non-hydrogen) atoms. The highest BCUT2D eigenvalue weighted by molar-refractivity contribution is 5.72. The second-order valence-electron chi connectivity index (χ2n) is 5.95. The van der Waals surface area contributed by atoms with Gasteiger partial charge in [0.05, 0.1) is 6.04 Å². The van der Waals surface area contributed by atoms with Crippen LogP contribution in [-0.4, -0.2) is 23.1 Å². The molecule has 1 heterocycles. The first kappa shape index (κ1) is 10.4. The summed E-state index contributed by atoms with van der Waals surface area (Å²) in [5, 5.41) is 0. The topological polar surface area (TPSA) is 29.5 Å². The summed E-state index contributed by atoms with van der Waals surface area (Å²) in [6.07, 6.45) is 3.56. The van der Waals surface area contributed by atoms with Gasteiger partial charge in [-0.2, -0.15) is 0 Å². The molecule has 4 rings (SSSR count). The monoisotopic (exact) mass is 243 g/mol. The largest absolute Gasteiger partial charge is 0.439 e. The zero-order valence-corrected chi connectivity index (χ0v) is 10.5. The van der Waals surface area contributed by atoms with Gasteiger partial charge < -0.3 is 4.74 Å². The summed E-state index contributed by atoms with van der Waals surface area (Å²) in [6.45, 7) is 2.11. The van der Waals surface area contributed by atoms with Crippen molar-refractivity contribution in [2.45, 2.75) is 44.4 Å². The van der Waals surface area contributed by atoms with Crippen LogP contribution in [0.15, 0.2) is 30.3 Å². The van der Waals surface area contributed by atoms with E-state index in [9.17, 15) is 4.79 Å². The summed E-state index contributed by atoms with van der Waals surface area (Å²) >= 11 is 0. The van der Waals surface area contributed by atoms with Crippen molar-refractivity contribution in [1.29, 1.82) is 0 Å². The maximum Gasteiger partial charge on any atom is 0.411 e. The molecule has 3 atom stereocenters. The first-order valence-corrected chi connectivity index (χ1v) is 6.75. The predicted molar refractivity (Wildman–Crippen MR) is 67.0 cm³/mol. The molecule has 3 fully saturated rings. The fourth-order valence-electron chi connectivity index (χ4n) is 3.40. The highest BCUT2D eigenvalue weighted by atomic mass is 16.6. The maximum absolute atomic E-state index is 12.1. The van der Waals surface area contributed by atoms with Gasteiger partial charge in [-0.15, -0.1) is 0 Å². The van der Waals surface area contributed by atoms with Crippen LogP contribution in [-0.2, 0) is 4.74 Å². The van der Waals surface area contributed by atoms with Crippen LogP contribution in [0.25, 0.3) is 0 Å². The number of amides is 1. The molecule has 0 bridgehead atoms. The zero-order valence-electron chi connectivity index (χ0n) is 10.5. The van der Waals surface area contributed by atoms with Crippen LogP contribution < -0.4 is 0 Å². The zero-order chi connectivity index (χ0) is 12.3. The van der Waals surface area contributed by atoms with Crippen molar-refractivity contribution in [2.75, 3.05) is 0 Å². The fraction of sp³-hybridized carbons (Fsp3) is 0.533. The number of nitrogens with zero attached hydrogens (tertiary/aromatic N) is 1. The van der Waals surface area contributed by atoms with Gasteiger partial charge in [-0.1, -0.05) is 30.3 Å². The van der Waals surface area contributed by atoms with Crippen LogP contribution in [0.3, 0.4) is 0 Å². The van der Waals surface area contributed by atoms with Crippen molar-refractivity contribution in [1.82, 2.24) is 4.90 Å². The van der Waals surface area contributed by atoms with E-state index in [4.69, 9.17) is 4.74 Å². The molecule has 0 aromatic heterocycles. The Morgan fingerprint density at radius 3 is 2.61 bits per heavy atom. The van der Waals surface area contributed by atoms with Crippen molar-refractivity contribution in [3.05, 3.63) is 35.9 Å². The highest BCUT2D eigenvalue weighted by Gasteiger charge is 2.68. The van der Waals surface area contributed by atoms with Crippen LogP contribution in [0.2, 0.25) is 0 Å². The third kappa shape index (κ3) is 1.33. The summed E-state index contributed by atoms with van der Waals surface area (Å²) in [5.41, 5.74) is 1.60. The number of hydrogen-bond acceptors (Lipinski definition) is 2. The Balaban J connectivity index is 1.59. The molecule has 1 aromatic carbocycles. The number of ether oxygens (including phenoxy) is 1. The third-order valence-electron chi connectivity index (χ3n) is 4.82. The fourth-order valence-corrected chi connectivity index (χ4v) is 3.40. The average Bonchev–Trinajstić information content (AvgIpc) is 3.28. The van der Waals surface area contributed by atoms with Gasteiger partial charge in [0.2, 0.25) is 0 Å². The number of carbonyl (C=O) groups excluding carboxylic acids is 1. The molecular formula is C15H17NO2. The Morgan fingerprint density at radius 1 is 1.28 bits per heavy atom. The van der Waals surface area contributed by atoms with Crippen LogP contribution in [0, 0.1) is 5.41 Å². The number of rotatable bonds is 2. The van der Waals surface area contributed by atoms with E-state index in [1.807, 2.05) is 35.2 Å². The molecule has 3 aliphatic rings. The predicted octanol–water partition coefficient (Wildman–Crippen LogP) is 3.12. The standard InChI is InChI=1S/C15H17NO2/c1-10-13(11-5-3-2-4-6-11)18-14(17)16(10)12-9-15(12)7-8-15/h2-6,10,12-13H,7-9H2,1H3/t10-,12?,13-/m1/s1. The Hall–Kier alpha value is -1.51. The molecule has 1 spiro atoms. The highest BCUT2D eigenvalue weighted by Crippen LogP contribution is 2.69. The van der Waals surface area contributed by atoms with E-state index in [-0.39, 0.29) is 18.2 Å². The minimum Gasteiger partial charge on any atom is -0.439 e. The summed E-state index contributed by atoms with van der Waals surface area (Å²) in [5.74, 6) is 0. The molecule has 0 N–H and O–H groups in total. The first-order chi connectivity index (χ1) is 8.71. The minimum absolute atomic E-state index is 0.102. The van der Waals surface area contributed by atoms with Gasteiger partial charge in [-0.3, -0.25) is 4.90 Å². The molecule has 1 amide bonds. The molecule has 1 aromatic rings. The number of hydrogen-bond donors (Lipinski definition) is 0. The lowest BCUT2D eigenvalue weighted by Gasteiger charge is -2.21. The van der Waals surface area contributed by atoms with E-state index in [0.717, 1.165) is 5.56 Å². The molecule has 3 nitrogen and oxygen atoms in total. The normalized spacial score (nSPS) is 35.7. The second kappa shape index (κ2) is 3.28. The van der Waals surface area contributed by atoms with E-state index in [1.165, 1.54) is 19.3 Å². The number of benzene rings is 1. The van der Waals surface area contributed by atoms with E-state index in [0.29, 0.717) is 11.5 Å². The molecule has 1 unspecified atom stereocenters. The number of cyclic esters (lactones) is 1. The molecule has 94 valence electrons. The van der Waals surface area contributed by atoms with Gasteiger partial charge in [0.1, 0.15) is 6.10 Å². The Labute approximate surface area is 107 Å². The first-order valence-electron chi connectivity index (χ1n) is 6.75. The van der Waals surface area contributed by atoms with Gasteiger partial charge in [-0.05, 0) is 37.2 Å². The quantitative estimate of drug-likeness (QED) is 0.798. The van der Waals surface area contributed by atoms with Gasteiger partial charge in [-0.25, -0.2) is 4.79 Å². The van der Waals surface area contributed by atoms with Crippen LogP contribution in [0.4, 0.5) is 4.79 Å². The van der Waals surface area contributed by atoms with Crippen molar-refractivity contribution in [3.63, 3.8) is 0 Å². The third-order valence-corrected chi connectivity index (χ3v) is 4.82. The summed E-state index contributed by atoms with van der Waals surface area (Å²) < 4.78 is 5.58. The Kier molecular flexibility index (Phi) is 1.90. The number of carbonyl (C=O) groups is 1. The summed E-state index contributed by atoms with van der Waals surface area (Å²) in [6, 6.07) is 10.7. The Morgan fingerprint density at radius 2 is 2.00 bits per heavy atom. The smallest absolute Gasteiger partial charge is 0.411 e. The van der Waals surface area contributed by atoms with Crippen LogP contribution in [0.1, 0.15) is 37.9 Å². The van der Waals surface area contributed by atoms with Gasteiger partial charge >= 0.3 is 6.09 Å². The maximum atomic E-state index is 12.1. The second-order valence-corrected chi connectivity index (χ2v) is 5.95. The van der Waals surface area contributed by atoms with Crippen LogP contribution >= 0.6 is 0 Å². The molecular weight excluding hydrogens is 226 g/mol. The summed E-state index contributed by atoms with van der Waals surface area (Å²) in [4.78, 5) is 14.1. The molecule has 2 aliphatic carbocycles. The molecule has 0 radical (unpaired) electrons.